The molecule has 0 saturated heterocycles. The number of hydrogen-bond acceptors (Lipinski definition) is 3. The lowest BCUT2D eigenvalue weighted by atomic mass is 10.1. The fraction of sp³-hybridized carbons (Fsp3) is 0.0625. The first-order chi connectivity index (χ1) is 9.78. The van der Waals surface area contributed by atoms with E-state index in [4.69, 9.17) is 16.9 Å². The first kappa shape index (κ1) is 12.6. The number of fused-ring (bicyclic) bond motifs is 1. The molecule has 0 fully saturated rings. The summed E-state index contributed by atoms with van der Waals surface area (Å²) < 4.78 is 0. The Labute approximate surface area is 121 Å². The number of halogens is 1. The van der Waals surface area contributed by atoms with Crippen molar-refractivity contribution in [3.8, 4) is 17.3 Å². The molecule has 0 unspecified atom stereocenters. The third-order valence-corrected chi connectivity index (χ3v) is 3.22. The minimum absolute atomic E-state index is 0.193. The SMILES string of the molecule is N#CCc1nc(-c2ccccc2)c2cc(Cl)ccc2n1. The second-order valence-electron chi connectivity index (χ2n) is 4.35. The fourth-order valence-electron chi connectivity index (χ4n) is 2.11. The van der Waals surface area contributed by atoms with Crippen LogP contribution in [0.5, 0.6) is 0 Å². The lowest BCUT2D eigenvalue weighted by Gasteiger charge is -2.08. The van der Waals surface area contributed by atoms with Gasteiger partial charge < -0.3 is 0 Å². The van der Waals surface area contributed by atoms with Crippen molar-refractivity contribution >= 4 is 22.5 Å². The average molecular weight is 280 g/mol. The summed E-state index contributed by atoms with van der Waals surface area (Å²) in [6.45, 7) is 0. The van der Waals surface area contributed by atoms with Crippen molar-refractivity contribution in [1.29, 1.82) is 5.26 Å². The fourth-order valence-corrected chi connectivity index (χ4v) is 2.29. The van der Waals surface area contributed by atoms with Crippen molar-refractivity contribution in [3.63, 3.8) is 0 Å². The van der Waals surface area contributed by atoms with Gasteiger partial charge in [0.25, 0.3) is 0 Å². The van der Waals surface area contributed by atoms with E-state index in [0.717, 1.165) is 22.2 Å². The highest BCUT2D eigenvalue weighted by Crippen LogP contribution is 2.28. The number of hydrogen-bond donors (Lipinski definition) is 0. The molecule has 0 amide bonds. The highest BCUT2D eigenvalue weighted by atomic mass is 35.5. The van der Waals surface area contributed by atoms with Gasteiger partial charge in [0.15, 0.2) is 0 Å². The molecule has 0 aliphatic rings. The van der Waals surface area contributed by atoms with Crippen molar-refractivity contribution in [2.45, 2.75) is 6.42 Å². The average Bonchev–Trinajstić information content (AvgIpc) is 2.48. The molecule has 4 heteroatoms. The van der Waals surface area contributed by atoms with Gasteiger partial charge in [-0.1, -0.05) is 41.9 Å². The molecule has 1 heterocycles. The van der Waals surface area contributed by atoms with Crippen LogP contribution in [0.25, 0.3) is 22.2 Å². The molecule has 0 aliphatic carbocycles. The summed E-state index contributed by atoms with van der Waals surface area (Å²) in [6.07, 6.45) is 0.193. The third-order valence-electron chi connectivity index (χ3n) is 2.99. The molecule has 2 aromatic carbocycles. The quantitative estimate of drug-likeness (QED) is 0.712. The Morgan fingerprint density at radius 1 is 1.05 bits per heavy atom. The molecule has 3 rings (SSSR count). The molecule has 0 atom stereocenters. The van der Waals surface area contributed by atoms with Crippen molar-refractivity contribution in [2.75, 3.05) is 0 Å². The van der Waals surface area contributed by atoms with Gasteiger partial charge in [0.2, 0.25) is 0 Å². The van der Waals surface area contributed by atoms with Gasteiger partial charge in [-0.15, -0.1) is 0 Å². The number of aromatic nitrogens is 2. The molecule has 0 N–H and O–H groups in total. The van der Waals surface area contributed by atoms with E-state index in [1.54, 1.807) is 6.07 Å². The summed E-state index contributed by atoms with van der Waals surface area (Å²) in [6, 6.07) is 17.4. The maximum atomic E-state index is 8.85. The molecule has 0 saturated carbocycles. The van der Waals surface area contributed by atoms with E-state index >= 15 is 0 Å². The van der Waals surface area contributed by atoms with Crippen LogP contribution >= 0.6 is 11.6 Å². The summed E-state index contributed by atoms with van der Waals surface area (Å²) in [4.78, 5) is 8.91. The Hall–Kier alpha value is -2.44. The van der Waals surface area contributed by atoms with Crippen molar-refractivity contribution in [1.82, 2.24) is 9.97 Å². The topological polar surface area (TPSA) is 49.6 Å². The largest absolute Gasteiger partial charge is 0.232 e. The molecule has 3 aromatic rings. The monoisotopic (exact) mass is 279 g/mol. The van der Waals surface area contributed by atoms with E-state index in [1.807, 2.05) is 42.5 Å². The lowest BCUT2D eigenvalue weighted by molar-refractivity contribution is 1.03. The van der Waals surface area contributed by atoms with Gasteiger partial charge in [-0.3, -0.25) is 0 Å². The summed E-state index contributed by atoms with van der Waals surface area (Å²) in [5.74, 6) is 0.529. The summed E-state index contributed by atoms with van der Waals surface area (Å²) in [5, 5.41) is 10.4. The molecule has 0 radical (unpaired) electrons. The standard InChI is InChI=1S/C16H10ClN3/c17-12-6-7-14-13(10-12)16(11-4-2-1-3-5-11)20-15(19-14)8-9-18/h1-7,10H,8H2. The molecule has 0 bridgehead atoms. The molecule has 3 nitrogen and oxygen atoms in total. The number of benzene rings is 2. The van der Waals surface area contributed by atoms with E-state index in [-0.39, 0.29) is 6.42 Å². The van der Waals surface area contributed by atoms with Crippen LogP contribution in [0.1, 0.15) is 5.82 Å². The molecule has 0 spiro atoms. The van der Waals surface area contributed by atoms with Gasteiger partial charge in [0.05, 0.1) is 23.7 Å². The number of nitriles is 1. The molecular formula is C16H10ClN3. The number of nitrogens with zero attached hydrogens (tertiary/aromatic N) is 3. The summed E-state index contributed by atoms with van der Waals surface area (Å²) in [7, 11) is 0. The van der Waals surface area contributed by atoms with Crippen LogP contribution in [0.3, 0.4) is 0 Å². The van der Waals surface area contributed by atoms with E-state index in [9.17, 15) is 0 Å². The van der Waals surface area contributed by atoms with Crippen LogP contribution in [0.4, 0.5) is 0 Å². The van der Waals surface area contributed by atoms with Crippen LogP contribution in [0, 0.1) is 11.3 Å². The zero-order valence-electron chi connectivity index (χ0n) is 10.5. The molecule has 1 aromatic heterocycles. The number of rotatable bonds is 2. The Morgan fingerprint density at radius 3 is 2.60 bits per heavy atom. The van der Waals surface area contributed by atoms with Gasteiger partial charge in [-0.05, 0) is 18.2 Å². The van der Waals surface area contributed by atoms with Gasteiger partial charge in [0.1, 0.15) is 5.82 Å². The van der Waals surface area contributed by atoms with Crippen LogP contribution in [0.15, 0.2) is 48.5 Å². The zero-order chi connectivity index (χ0) is 13.9. The third kappa shape index (κ3) is 2.34. The maximum absolute atomic E-state index is 8.85. The minimum atomic E-state index is 0.193. The maximum Gasteiger partial charge on any atom is 0.143 e. The Bertz CT molecular complexity index is 807. The smallest absolute Gasteiger partial charge is 0.143 e. The van der Waals surface area contributed by atoms with Gasteiger partial charge in [-0.2, -0.15) is 5.26 Å². The van der Waals surface area contributed by atoms with Gasteiger partial charge >= 0.3 is 0 Å². The Kier molecular flexibility index (Phi) is 3.32. The van der Waals surface area contributed by atoms with Crippen molar-refractivity contribution < 1.29 is 0 Å². The molecule has 96 valence electrons. The summed E-state index contributed by atoms with van der Waals surface area (Å²) in [5.41, 5.74) is 2.60. The van der Waals surface area contributed by atoms with Crippen molar-refractivity contribution in [2.24, 2.45) is 0 Å². The zero-order valence-corrected chi connectivity index (χ0v) is 11.3. The van der Waals surface area contributed by atoms with Gasteiger partial charge in [-0.25, -0.2) is 9.97 Å². The minimum Gasteiger partial charge on any atom is -0.232 e. The van der Waals surface area contributed by atoms with E-state index in [1.165, 1.54) is 0 Å². The normalized spacial score (nSPS) is 10.4. The van der Waals surface area contributed by atoms with E-state index in [0.29, 0.717) is 10.8 Å². The van der Waals surface area contributed by atoms with Crippen molar-refractivity contribution in [3.05, 3.63) is 59.4 Å². The predicted octanol–water partition coefficient (Wildman–Crippen LogP) is 4.02. The van der Waals surface area contributed by atoms with E-state index in [2.05, 4.69) is 16.0 Å². The first-order valence-corrected chi connectivity index (χ1v) is 6.54. The molecule has 20 heavy (non-hydrogen) atoms. The lowest BCUT2D eigenvalue weighted by Crippen LogP contribution is -1.98. The Morgan fingerprint density at radius 2 is 1.85 bits per heavy atom. The summed E-state index contributed by atoms with van der Waals surface area (Å²) >= 11 is 6.07. The van der Waals surface area contributed by atoms with Crippen LogP contribution < -0.4 is 0 Å². The van der Waals surface area contributed by atoms with Gasteiger partial charge in [0, 0.05) is 16.0 Å². The van der Waals surface area contributed by atoms with Crippen LogP contribution in [-0.4, -0.2) is 9.97 Å². The Balaban J connectivity index is 2.32. The predicted molar refractivity (Wildman–Crippen MR) is 79.3 cm³/mol. The second-order valence-corrected chi connectivity index (χ2v) is 4.79. The van der Waals surface area contributed by atoms with Crippen LogP contribution in [-0.2, 0) is 6.42 Å². The van der Waals surface area contributed by atoms with E-state index < -0.39 is 0 Å². The second kappa shape index (κ2) is 5.28. The molecule has 0 aliphatic heterocycles. The highest BCUT2D eigenvalue weighted by molar-refractivity contribution is 6.31. The van der Waals surface area contributed by atoms with Crippen LogP contribution in [0.2, 0.25) is 5.02 Å². The highest BCUT2D eigenvalue weighted by Gasteiger charge is 2.10. The molecular weight excluding hydrogens is 270 g/mol. The first-order valence-electron chi connectivity index (χ1n) is 6.16.